The van der Waals surface area contributed by atoms with Crippen molar-refractivity contribution < 1.29 is 8.42 Å². The molecular formula is C20H20N4O3S2. The van der Waals surface area contributed by atoms with E-state index in [0.717, 1.165) is 33.9 Å². The second kappa shape index (κ2) is 7.58. The van der Waals surface area contributed by atoms with E-state index in [1.807, 2.05) is 48.9 Å². The highest BCUT2D eigenvalue weighted by Gasteiger charge is 2.17. The van der Waals surface area contributed by atoms with Crippen LogP contribution in [0.3, 0.4) is 0 Å². The van der Waals surface area contributed by atoms with Crippen LogP contribution in [0.2, 0.25) is 0 Å². The third-order valence-electron chi connectivity index (χ3n) is 4.80. The number of benzene rings is 2. The number of aryl methyl sites for hydroxylation is 2. The van der Waals surface area contributed by atoms with Gasteiger partial charge in [0.1, 0.15) is 5.82 Å². The molecule has 0 saturated heterocycles. The highest BCUT2D eigenvalue weighted by atomic mass is 32.2. The van der Waals surface area contributed by atoms with Gasteiger partial charge in [-0.2, -0.15) is 0 Å². The molecule has 9 heteroatoms. The Morgan fingerprint density at radius 2 is 1.97 bits per heavy atom. The Morgan fingerprint density at radius 3 is 2.69 bits per heavy atom. The summed E-state index contributed by atoms with van der Waals surface area (Å²) in [6, 6.07) is 12.4. The topological polar surface area (TPSA) is 86.0 Å². The van der Waals surface area contributed by atoms with E-state index in [2.05, 4.69) is 9.71 Å². The molecule has 2 aromatic heterocycles. The van der Waals surface area contributed by atoms with Crippen LogP contribution in [0, 0.1) is 6.92 Å². The summed E-state index contributed by atoms with van der Waals surface area (Å²) in [6.07, 6.45) is 3.55. The molecule has 4 aromatic rings. The SMILES string of the molecule is CCn1c(=O)sc2cc(S(=O)(=O)NCc3ccccc3-n3ccnc3C)ccc21. The van der Waals surface area contributed by atoms with Gasteiger partial charge in [-0.05, 0) is 43.7 Å². The van der Waals surface area contributed by atoms with Crippen molar-refractivity contribution in [2.45, 2.75) is 31.8 Å². The molecule has 0 aliphatic heterocycles. The molecule has 0 unspecified atom stereocenters. The van der Waals surface area contributed by atoms with Crippen molar-refractivity contribution in [2.75, 3.05) is 0 Å². The van der Waals surface area contributed by atoms with Crippen LogP contribution in [-0.2, 0) is 23.1 Å². The Hall–Kier alpha value is -2.75. The van der Waals surface area contributed by atoms with Crippen LogP contribution >= 0.6 is 11.3 Å². The average Bonchev–Trinajstić information content (AvgIpc) is 3.27. The van der Waals surface area contributed by atoms with Gasteiger partial charge in [0.2, 0.25) is 10.0 Å². The van der Waals surface area contributed by atoms with Gasteiger partial charge in [0, 0.05) is 25.5 Å². The second-order valence-electron chi connectivity index (χ2n) is 6.54. The van der Waals surface area contributed by atoms with Gasteiger partial charge in [0.25, 0.3) is 0 Å². The van der Waals surface area contributed by atoms with Crippen LogP contribution < -0.4 is 9.60 Å². The lowest BCUT2D eigenvalue weighted by molar-refractivity contribution is 0.581. The van der Waals surface area contributed by atoms with Gasteiger partial charge in [-0.15, -0.1) is 0 Å². The summed E-state index contributed by atoms with van der Waals surface area (Å²) in [7, 11) is -3.74. The summed E-state index contributed by atoms with van der Waals surface area (Å²) in [5.74, 6) is 0.820. The van der Waals surface area contributed by atoms with Crippen molar-refractivity contribution >= 4 is 31.6 Å². The Morgan fingerprint density at radius 1 is 1.17 bits per heavy atom. The fraction of sp³-hybridized carbons (Fsp3) is 0.200. The first kappa shape index (κ1) is 19.6. The first-order valence-corrected chi connectivity index (χ1v) is 11.4. The molecule has 0 atom stereocenters. The Kier molecular flexibility index (Phi) is 5.12. The first-order chi connectivity index (χ1) is 13.9. The van der Waals surface area contributed by atoms with Crippen LogP contribution in [0.25, 0.3) is 15.9 Å². The summed E-state index contributed by atoms with van der Waals surface area (Å²) in [5, 5.41) is 0. The Balaban J connectivity index is 1.63. The molecule has 0 radical (unpaired) electrons. The van der Waals surface area contributed by atoms with Crippen LogP contribution in [0.15, 0.2) is 64.5 Å². The molecule has 2 heterocycles. The monoisotopic (exact) mass is 428 g/mol. The van der Waals surface area contributed by atoms with Crippen molar-refractivity contribution in [3.8, 4) is 5.69 Å². The Labute approximate surface area is 172 Å². The first-order valence-electron chi connectivity index (χ1n) is 9.12. The standard InChI is InChI=1S/C20H20N4O3S2/c1-3-23-18-9-8-16(12-19(18)28-20(23)25)29(26,27)22-13-15-6-4-5-7-17(15)24-11-10-21-14(24)2/h4-12,22H,3,13H2,1-2H3. The van der Waals surface area contributed by atoms with E-state index in [1.165, 1.54) is 6.07 Å². The summed E-state index contributed by atoms with van der Waals surface area (Å²) >= 11 is 1.06. The molecular weight excluding hydrogens is 408 g/mol. The lowest BCUT2D eigenvalue weighted by Gasteiger charge is -2.13. The van der Waals surface area contributed by atoms with Crippen LogP contribution in [-0.4, -0.2) is 22.5 Å². The zero-order chi connectivity index (χ0) is 20.6. The molecule has 29 heavy (non-hydrogen) atoms. The molecule has 0 fully saturated rings. The quantitative estimate of drug-likeness (QED) is 0.511. The molecule has 0 aliphatic carbocycles. The molecule has 150 valence electrons. The number of imidazole rings is 1. The number of hydrogen-bond acceptors (Lipinski definition) is 5. The molecule has 0 saturated carbocycles. The van der Waals surface area contributed by atoms with Crippen molar-refractivity contribution in [1.29, 1.82) is 0 Å². The van der Waals surface area contributed by atoms with E-state index in [4.69, 9.17) is 0 Å². The van der Waals surface area contributed by atoms with E-state index in [-0.39, 0.29) is 16.3 Å². The van der Waals surface area contributed by atoms with Crippen LogP contribution in [0.1, 0.15) is 18.3 Å². The highest BCUT2D eigenvalue weighted by molar-refractivity contribution is 7.89. The van der Waals surface area contributed by atoms with Gasteiger partial charge in [0.15, 0.2) is 0 Å². The largest absolute Gasteiger partial charge is 0.308 e. The van der Waals surface area contributed by atoms with Crippen molar-refractivity contribution in [3.05, 3.63) is 75.9 Å². The highest BCUT2D eigenvalue weighted by Crippen LogP contribution is 2.22. The predicted molar refractivity (Wildman–Crippen MR) is 114 cm³/mol. The van der Waals surface area contributed by atoms with Crippen molar-refractivity contribution in [2.24, 2.45) is 0 Å². The molecule has 2 aromatic carbocycles. The summed E-state index contributed by atoms with van der Waals surface area (Å²) in [6.45, 7) is 4.47. The molecule has 0 amide bonds. The minimum atomic E-state index is -3.74. The van der Waals surface area contributed by atoms with Gasteiger partial charge < -0.3 is 4.57 Å². The predicted octanol–water partition coefficient (Wildman–Crippen LogP) is 3.06. The van der Waals surface area contributed by atoms with Crippen LogP contribution in [0.4, 0.5) is 0 Å². The normalized spacial score (nSPS) is 11.9. The van der Waals surface area contributed by atoms with Gasteiger partial charge in [-0.1, -0.05) is 29.5 Å². The zero-order valence-corrected chi connectivity index (χ0v) is 17.6. The molecule has 4 rings (SSSR count). The summed E-state index contributed by atoms with van der Waals surface area (Å²) < 4.78 is 32.6. The second-order valence-corrected chi connectivity index (χ2v) is 9.30. The van der Waals surface area contributed by atoms with Gasteiger partial charge in [0.05, 0.1) is 20.8 Å². The van der Waals surface area contributed by atoms with E-state index in [0.29, 0.717) is 11.2 Å². The maximum Gasteiger partial charge on any atom is 0.308 e. The maximum atomic E-state index is 12.9. The van der Waals surface area contributed by atoms with Gasteiger partial charge in [-0.25, -0.2) is 18.1 Å². The number of para-hydroxylation sites is 1. The number of thiazole rings is 1. The zero-order valence-electron chi connectivity index (χ0n) is 16.0. The van der Waals surface area contributed by atoms with E-state index >= 15 is 0 Å². The molecule has 0 aliphatic rings. The van der Waals surface area contributed by atoms with E-state index in [1.54, 1.807) is 22.9 Å². The molecule has 0 bridgehead atoms. The Bertz CT molecular complexity index is 1350. The fourth-order valence-electron chi connectivity index (χ4n) is 3.30. The third kappa shape index (κ3) is 3.64. The number of rotatable bonds is 6. The van der Waals surface area contributed by atoms with Crippen molar-refractivity contribution in [1.82, 2.24) is 18.8 Å². The van der Waals surface area contributed by atoms with Crippen LogP contribution in [0.5, 0.6) is 0 Å². The molecule has 1 N–H and O–H groups in total. The molecule has 7 nitrogen and oxygen atoms in total. The van der Waals surface area contributed by atoms with Crippen molar-refractivity contribution in [3.63, 3.8) is 0 Å². The number of nitrogens with one attached hydrogen (secondary N) is 1. The smallest absolute Gasteiger partial charge is 0.304 e. The lowest BCUT2D eigenvalue weighted by Crippen LogP contribution is -2.24. The number of nitrogens with zero attached hydrogens (tertiary/aromatic N) is 3. The summed E-state index contributed by atoms with van der Waals surface area (Å²) in [5.41, 5.74) is 2.46. The minimum absolute atomic E-state index is 0.0883. The summed E-state index contributed by atoms with van der Waals surface area (Å²) in [4.78, 5) is 16.3. The maximum absolute atomic E-state index is 12.9. The number of fused-ring (bicyclic) bond motifs is 1. The number of sulfonamides is 1. The van der Waals surface area contributed by atoms with E-state index < -0.39 is 10.0 Å². The lowest BCUT2D eigenvalue weighted by atomic mass is 10.2. The third-order valence-corrected chi connectivity index (χ3v) is 7.14. The van der Waals surface area contributed by atoms with E-state index in [9.17, 15) is 13.2 Å². The average molecular weight is 429 g/mol. The fourth-order valence-corrected chi connectivity index (χ4v) is 5.40. The number of hydrogen-bond donors (Lipinski definition) is 1. The molecule has 0 spiro atoms. The minimum Gasteiger partial charge on any atom is -0.304 e. The van der Waals surface area contributed by atoms with Gasteiger partial charge >= 0.3 is 4.87 Å². The van der Waals surface area contributed by atoms with Gasteiger partial charge in [-0.3, -0.25) is 9.36 Å². The number of aromatic nitrogens is 3.